The molecule has 3 heterocycles. The van der Waals surface area contributed by atoms with Crippen molar-refractivity contribution in [2.24, 2.45) is 0 Å². The first-order chi connectivity index (χ1) is 11.0. The Hall–Kier alpha value is -2.09. The lowest BCUT2D eigenvalue weighted by Gasteiger charge is -2.25. The van der Waals surface area contributed by atoms with Crippen molar-refractivity contribution in [1.82, 2.24) is 9.97 Å². The molecule has 1 fully saturated rings. The first kappa shape index (κ1) is 15.8. The van der Waals surface area contributed by atoms with Gasteiger partial charge in [0.05, 0.1) is 18.9 Å². The summed E-state index contributed by atoms with van der Waals surface area (Å²) in [6, 6.07) is 4.35. The van der Waals surface area contributed by atoms with Gasteiger partial charge in [-0.1, -0.05) is 0 Å². The second-order valence-corrected chi connectivity index (χ2v) is 5.33. The number of alkyl halides is 3. The van der Waals surface area contributed by atoms with Crippen molar-refractivity contribution < 1.29 is 22.3 Å². The predicted molar refractivity (Wildman–Crippen MR) is 75.8 cm³/mol. The monoisotopic (exact) mass is 327 g/mol. The summed E-state index contributed by atoms with van der Waals surface area (Å²) < 4.78 is 49.4. The molecular formula is C15H16F3N3O2. The Morgan fingerprint density at radius 3 is 2.83 bits per heavy atom. The molecule has 0 saturated carbocycles. The third-order valence-corrected chi connectivity index (χ3v) is 3.59. The van der Waals surface area contributed by atoms with Gasteiger partial charge in [0.25, 0.3) is 0 Å². The Kier molecular flexibility index (Phi) is 4.51. The predicted octanol–water partition coefficient (Wildman–Crippen LogP) is 3.27. The standard InChI is InChI=1S/C15H16F3N3O2/c16-15(17,18)13-5-6-19-14(20-13)21(9-11-3-1-7-22-11)10-12-4-2-8-23-12/h1,3,5-7,12H,2,4,8-10H2/t12-/m0/s1. The fraction of sp³-hybridized carbons (Fsp3) is 0.467. The van der Waals surface area contributed by atoms with Crippen molar-refractivity contribution in [1.29, 1.82) is 0 Å². The lowest BCUT2D eigenvalue weighted by molar-refractivity contribution is -0.141. The average Bonchev–Trinajstić information content (AvgIpc) is 3.19. The summed E-state index contributed by atoms with van der Waals surface area (Å²) in [6.07, 6.45) is -0.0838. The maximum absolute atomic E-state index is 12.9. The Morgan fingerprint density at radius 1 is 1.30 bits per heavy atom. The minimum absolute atomic E-state index is 0.0201. The smallest absolute Gasteiger partial charge is 0.433 e. The normalized spacial score (nSPS) is 18.3. The first-order valence-electron chi connectivity index (χ1n) is 7.31. The Bertz CT molecular complexity index is 625. The SMILES string of the molecule is FC(F)(F)c1ccnc(N(Cc2ccco2)C[C@@H]2CCCO2)n1. The van der Waals surface area contributed by atoms with Crippen LogP contribution in [0.1, 0.15) is 24.3 Å². The minimum Gasteiger partial charge on any atom is -0.467 e. The van der Waals surface area contributed by atoms with E-state index in [0.29, 0.717) is 18.9 Å². The van der Waals surface area contributed by atoms with Gasteiger partial charge in [0.2, 0.25) is 5.95 Å². The highest BCUT2D eigenvalue weighted by atomic mass is 19.4. The van der Waals surface area contributed by atoms with E-state index in [1.165, 1.54) is 6.26 Å². The highest BCUT2D eigenvalue weighted by molar-refractivity contribution is 5.32. The summed E-state index contributed by atoms with van der Waals surface area (Å²) >= 11 is 0. The molecule has 124 valence electrons. The average molecular weight is 327 g/mol. The second-order valence-electron chi connectivity index (χ2n) is 5.33. The van der Waals surface area contributed by atoms with E-state index in [-0.39, 0.29) is 18.6 Å². The second kappa shape index (κ2) is 6.57. The van der Waals surface area contributed by atoms with Gasteiger partial charge in [-0.25, -0.2) is 9.97 Å². The number of furan rings is 1. The van der Waals surface area contributed by atoms with E-state index in [1.807, 2.05) is 0 Å². The van der Waals surface area contributed by atoms with Gasteiger partial charge < -0.3 is 14.1 Å². The molecule has 5 nitrogen and oxygen atoms in total. The van der Waals surface area contributed by atoms with Gasteiger partial charge in [-0.15, -0.1) is 0 Å². The maximum Gasteiger partial charge on any atom is 0.433 e. The number of halogens is 3. The van der Waals surface area contributed by atoms with Gasteiger partial charge in [0, 0.05) is 19.3 Å². The molecular weight excluding hydrogens is 311 g/mol. The maximum atomic E-state index is 12.9. The Morgan fingerprint density at radius 2 is 2.17 bits per heavy atom. The first-order valence-corrected chi connectivity index (χ1v) is 7.31. The lowest BCUT2D eigenvalue weighted by Crippen LogP contribution is -2.33. The van der Waals surface area contributed by atoms with Crippen molar-refractivity contribution in [3.05, 3.63) is 42.1 Å². The highest BCUT2D eigenvalue weighted by Gasteiger charge is 2.33. The molecule has 2 aromatic heterocycles. The van der Waals surface area contributed by atoms with Gasteiger partial charge in [0.1, 0.15) is 11.5 Å². The molecule has 0 N–H and O–H groups in total. The minimum atomic E-state index is -4.50. The van der Waals surface area contributed by atoms with Crippen LogP contribution in [0.15, 0.2) is 35.1 Å². The molecule has 0 aliphatic carbocycles. The largest absolute Gasteiger partial charge is 0.467 e. The zero-order valence-corrected chi connectivity index (χ0v) is 12.3. The molecule has 0 aromatic carbocycles. The van der Waals surface area contributed by atoms with E-state index in [1.54, 1.807) is 17.0 Å². The summed E-state index contributed by atoms with van der Waals surface area (Å²) in [5, 5.41) is 0. The summed E-state index contributed by atoms with van der Waals surface area (Å²) in [6.45, 7) is 1.37. The molecule has 1 atom stereocenters. The van der Waals surface area contributed by atoms with E-state index in [4.69, 9.17) is 9.15 Å². The van der Waals surface area contributed by atoms with Gasteiger partial charge in [-0.2, -0.15) is 13.2 Å². The fourth-order valence-electron chi connectivity index (χ4n) is 2.50. The van der Waals surface area contributed by atoms with Gasteiger partial charge in [-0.3, -0.25) is 0 Å². The van der Waals surface area contributed by atoms with Crippen LogP contribution in [-0.2, 0) is 17.5 Å². The topological polar surface area (TPSA) is 51.4 Å². The molecule has 0 bridgehead atoms. The molecule has 0 amide bonds. The zero-order valence-electron chi connectivity index (χ0n) is 12.3. The van der Waals surface area contributed by atoms with E-state index >= 15 is 0 Å². The third-order valence-electron chi connectivity index (χ3n) is 3.59. The van der Waals surface area contributed by atoms with Crippen molar-refractivity contribution in [3.63, 3.8) is 0 Å². The molecule has 1 saturated heterocycles. The van der Waals surface area contributed by atoms with Crippen LogP contribution in [0.4, 0.5) is 19.1 Å². The van der Waals surface area contributed by atoms with Crippen LogP contribution in [0.3, 0.4) is 0 Å². The van der Waals surface area contributed by atoms with Crippen LogP contribution in [0.25, 0.3) is 0 Å². The third kappa shape index (κ3) is 4.01. The Labute approximate surface area is 131 Å². The molecule has 1 aliphatic rings. The number of aromatic nitrogens is 2. The molecule has 3 rings (SSSR count). The summed E-state index contributed by atoms with van der Waals surface area (Å²) in [5.74, 6) is 0.649. The number of hydrogen-bond acceptors (Lipinski definition) is 5. The van der Waals surface area contributed by atoms with Crippen LogP contribution < -0.4 is 4.90 Å². The van der Waals surface area contributed by atoms with E-state index in [9.17, 15) is 13.2 Å². The molecule has 8 heteroatoms. The highest BCUT2D eigenvalue weighted by Crippen LogP contribution is 2.28. The summed E-state index contributed by atoms with van der Waals surface area (Å²) in [5.41, 5.74) is -0.959. The van der Waals surface area contributed by atoms with Crippen LogP contribution in [0.2, 0.25) is 0 Å². The van der Waals surface area contributed by atoms with E-state index in [2.05, 4.69) is 9.97 Å². The number of ether oxygens (including phenoxy) is 1. The van der Waals surface area contributed by atoms with Gasteiger partial charge in [0.15, 0.2) is 0 Å². The molecule has 23 heavy (non-hydrogen) atoms. The number of nitrogens with zero attached hydrogens (tertiary/aromatic N) is 3. The Balaban J connectivity index is 1.84. The van der Waals surface area contributed by atoms with Gasteiger partial charge in [-0.05, 0) is 31.0 Å². The van der Waals surface area contributed by atoms with E-state index in [0.717, 1.165) is 25.1 Å². The van der Waals surface area contributed by atoms with Crippen molar-refractivity contribution in [2.75, 3.05) is 18.1 Å². The number of anilines is 1. The van der Waals surface area contributed by atoms with Crippen LogP contribution in [0.5, 0.6) is 0 Å². The van der Waals surface area contributed by atoms with Crippen molar-refractivity contribution >= 4 is 5.95 Å². The molecule has 0 radical (unpaired) electrons. The quantitative estimate of drug-likeness (QED) is 0.843. The van der Waals surface area contributed by atoms with Crippen molar-refractivity contribution in [3.8, 4) is 0 Å². The van der Waals surface area contributed by atoms with Crippen LogP contribution in [-0.4, -0.2) is 29.2 Å². The molecule has 1 aliphatic heterocycles. The van der Waals surface area contributed by atoms with Crippen molar-refractivity contribution in [2.45, 2.75) is 31.7 Å². The fourth-order valence-corrected chi connectivity index (χ4v) is 2.50. The number of hydrogen-bond donors (Lipinski definition) is 0. The molecule has 2 aromatic rings. The van der Waals surface area contributed by atoms with Crippen LogP contribution in [0, 0.1) is 0 Å². The summed E-state index contributed by atoms with van der Waals surface area (Å²) in [7, 11) is 0. The zero-order chi connectivity index (χ0) is 16.3. The van der Waals surface area contributed by atoms with Gasteiger partial charge >= 0.3 is 6.18 Å². The summed E-state index contributed by atoms with van der Waals surface area (Å²) in [4.78, 5) is 9.31. The van der Waals surface area contributed by atoms with E-state index < -0.39 is 11.9 Å². The number of rotatable bonds is 5. The molecule has 0 spiro atoms. The lowest BCUT2D eigenvalue weighted by atomic mass is 10.2. The van der Waals surface area contributed by atoms with Crippen LogP contribution >= 0.6 is 0 Å². The molecule has 0 unspecified atom stereocenters.